The Morgan fingerprint density at radius 2 is 1.92 bits per heavy atom. The highest BCUT2D eigenvalue weighted by atomic mass is 32.2. The number of carbonyl (C=O) groups excluding carboxylic acids is 1. The molecule has 1 unspecified atom stereocenters. The van der Waals surface area contributed by atoms with Crippen LogP contribution in [0, 0.1) is 13.8 Å². The normalized spacial score (nSPS) is 18.8. The van der Waals surface area contributed by atoms with Crippen LogP contribution in [0.25, 0.3) is 0 Å². The quantitative estimate of drug-likeness (QED) is 0.483. The smallest absolute Gasteiger partial charge is 0.248 e. The lowest BCUT2D eigenvalue weighted by Gasteiger charge is -2.35. The van der Waals surface area contributed by atoms with Gasteiger partial charge in [-0.3, -0.25) is 4.79 Å². The van der Waals surface area contributed by atoms with Crippen LogP contribution < -0.4 is 4.74 Å². The second kappa shape index (κ2) is 11.5. The summed E-state index contributed by atoms with van der Waals surface area (Å²) < 4.78 is 45.6. The van der Waals surface area contributed by atoms with Crippen molar-refractivity contribution in [2.45, 2.75) is 63.6 Å². The van der Waals surface area contributed by atoms with Crippen LogP contribution in [-0.4, -0.2) is 87.1 Å². The van der Waals surface area contributed by atoms with Gasteiger partial charge >= 0.3 is 0 Å². The van der Waals surface area contributed by atoms with Crippen molar-refractivity contribution in [2.24, 2.45) is 0 Å². The van der Waals surface area contributed by atoms with Gasteiger partial charge in [0.15, 0.2) is 0 Å². The molecule has 1 aromatic heterocycles. The average molecular weight is 535 g/mol. The summed E-state index contributed by atoms with van der Waals surface area (Å²) in [4.78, 5) is 17.0. The predicted octanol–water partition coefficient (Wildman–Crippen LogP) is 2.51. The second-order valence-corrected chi connectivity index (χ2v) is 12.0. The molecule has 37 heavy (non-hydrogen) atoms. The number of ether oxygens (including phenoxy) is 2. The number of piperidine rings is 1. The first-order valence-corrected chi connectivity index (χ1v) is 14.2. The fraction of sp³-hybridized carbons (Fsp3) is 0.615. The molecule has 0 radical (unpaired) electrons. The minimum atomic E-state index is -3.73. The fourth-order valence-corrected chi connectivity index (χ4v) is 7.38. The number of carbonyl (C=O) groups is 1. The average Bonchev–Trinajstić information content (AvgIpc) is 3.24. The molecular weight excluding hydrogens is 496 g/mol. The van der Waals surface area contributed by atoms with Gasteiger partial charge in [-0.2, -0.15) is 4.31 Å². The van der Waals surface area contributed by atoms with E-state index in [0.29, 0.717) is 60.8 Å². The van der Waals surface area contributed by atoms with E-state index in [1.54, 1.807) is 42.3 Å². The van der Waals surface area contributed by atoms with Crippen molar-refractivity contribution < 1.29 is 27.2 Å². The van der Waals surface area contributed by atoms with Crippen LogP contribution in [0.3, 0.4) is 0 Å². The molecule has 2 aromatic rings. The van der Waals surface area contributed by atoms with Crippen molar-refractivity contribution in [1.82, 2.24) is 19.3 Å². The number of rotatable bonds is 9. The summed E-state index contributed by atoms with van der Waals surface area (Å²) in [6.45, 7) is 5.75. The van der Waals surface area contributed by atoms with Crippen molar-refractivity contribution >= 4 is 15.9 Å². The minimum Gasteiger partial charge on any atom is -0.497 e. The van der Waals surface area contributed by atoms with Crippen LogP contribution in [0.1, 0.15) is 47.4 Å². The van der Waals surface area contributed by atoms with Crippen molar-refractivity contribution in [3.63, 3.8) is 0 Å². The maximum absolute atomic E-state index is 13.7. The Balaban J connectivity index is 1.39. The third-order valence-electron chi connectivity index (χ3n) is 7.07. The first kappa shape index (κ1) is 27.6. The Morgan fingerprint density at radius 3 is 2.59 bits per heavy atom. The number of amides is 1. The molecule has 0 N–H and O–H groups in total. The molecule has 0 bridgehead atoms. The van der Waals surface area contributed by atoms with Gasteiger partial charge in [0, 0.05) is 37.7 Å². The summed E-state index contributed by atoms with van der Waals surface area (Å²) >= 11 is 0. The molecule has 1 aromatic carbocycles. The van der Waals surface area contributed by atoms with Gasteiger partial charge in [-0.15, -0.1) is 0 Å². The van der Waals surface area contributed by atoms with Crippen molar-refractivity contribution in [3.05, 3.63) is 40.3 Å². The minimum absolute atomic E-state index is 0.0887. The molecule has 1 atom stereocenters. The van der Waals surface area contributed by atoms with Crippen LogP contribution in [0.4, 0.5) is 0 Å². The summed E-state index contributed by atoms with van der Waals surface area (Å²) in [5, 5.41) is 4.18. The lowest BCUT2D eigenvalue weighted by Crippen LogP contribution is -2.47. The highest BCUT2D eigenvalue weighted by Crippen LogP contribution is 2.32. The van der Waals surface area contributed by atoms with E-state index < -0.39 is 10.0 Å². The van der Waals surface area contributed by atoms with Crippen LogP contribution in [-0.2, 0) is 39.1 Å². The summed E-state index contributed by atoms with van der Waals surface area (Å²) in [6, 6.07) is 3.18. The topological polar surface area (TPSA) is 105 Å². The number of fused-ring (bicyclic) bond motifs is 1. The second-order valence-electron chi connectivity index (χ2n) is 10.2. The maximum Gasteiger partial charge on any atom is 0.248 e. The van der Waals surface area contributed by atoms with Gasteiger partial charge in [0.05, 0.1) is 25.2 Å². The first-order chi connectivity index (χ1) is 17.6. The van der Waals surface area contributed by atoms with Crippen molar-refractivity contribution in [2.75, 3.05) is 47.5 Å². The number of methoxy groups -OCH3 is 1. The number of nitrogens with zero attached hydrogens (tertiary/aromatic N) is 4. The molecule has 2 aliphatic heterocycles. The van der Waals surface area contributed by atoms with E-state index in [0.717, 1.165) is 29.9 Å². The lowest BCUT2D eigenvalue weighted by molar-refractivity contribution is -0.137. The number of hydrogen-bond acceptors (Lipinski definition) is 8. The first-order valence-electron chi connectivity index (χ1n) is 12.8. The number of aromatic nitrogens is 1. The molecule has 11 heteroatoms. The Bertz CT molecular complexity index is 1200. The van der Waals surface area contributed by atoms with E-state index in [9.17, 15) is 13.2 Å². The lowest BCUT2D eigenvalue weighted by atomic mass is 10.1. The Labute approximate surface area is 219 Å². The van der Waals surface area contributed by atoms with E-state index in [-0.39, 0.29) is 25.2 Å². The van der Waals surface area contributed by atoms with Crippen LogP contribution in [0.2, 0.25) is 0 Å². The van der Waals surface area contributed by atoms with Crippen LogP contribution >= 0.6 is 0 Å². The van der Waals surface area contributed by atoms with Gasteiger partial charge in [-0.05, 0) is 64.0 Å². The number of aryl methyl sites for hydroxylation is 2. The number of sulfonamides is 1. The van der Waals surface area contributed by atoms with Gasteiger partial charge in [0.1, 0.15) is 23.8 Å². The zero-order valence-corrected chi connectivity index (χ0v) is 23.3. The van der Waals surface area contributed by atoms with Gasteiger partial charge in [0.2, 0.25) is 15.9 Å². The summed E-state index contributed by atoms with van der Waals surface area (Å²) in [5.74, 6) is 1.36. The van der Waals surface area contributed by atoms with E-state index in [1.807, 2.05) is 19.0 Å². The van der Waals surface area contributed by atoms with Crippen molar-refractivity contribution in [3.8, 4) is 5.75 Å². The Morgan fingerprint density at radius 1 is 1.19 bits per heavy atom. The predicted molar refractivity (Wildman–Crippen MR) is 138 cm³/mol. The third kappa shape index (κ3) is 6.00. The van der Waals surface area contributed by atoms with Gasteiger partial charge in [-0.25, -0.2) is 8.42 Å². The number of hydrogen-bond donors (Lipinski definition) is 0. The highest BCUT2D eigenvalue weighted by molar-refractivity contribution is 7.89. The van der Waals surface area contributed by atoms with E-state index >= 15 is 0 Å². The zero-order valence-electron chi connectivity index (χ0n) is 22.4. The third-order valence-corrected chi connectivity index (χ3v) is 9.33. The molecule has 3 heterocycles. The SMILES string of the molecule is COc1cc(C)c(S(=O)(=O)N2CCCCC2COCC(=O)N2CCc3onc(CN(C)C)c3C2)c(C)c1. The molecule has 2 aliphatic rings. The van der Waals surface area contributed by atoms with E-state index in [4.69, 9.17) is 14.0 Å². The monoisotopic (exact) mass is 534 g/mol. The molecule has 0 saturated carbocycles. The summed E-state index contributed by atoms with van der Waals surface area (Å²) in [7, 11) is 1.77. The van der Waals surface area contributed by atoms with Crippen molar-refractivity contribution in [1.29, 1.82) is 0 Å². The fourth-order valence-electron chi connectivity index (χ4n) is 5.28. The molecular formula is C26H38N4O6S. The molecule has 204 valence electrons. The maximum atomic E-state index is 13.7. The largest absolute Gasteiger partial charge is 0.497 e. The molecule has 4 rings (SSSR count). The van der Waals surface area contributed by atoms with Gasteiger partial charge in [-0.1, -0.05) is 11.6 Å². The molecule has 1 fully saturated rings. The summed E-state index contributed by atoms with van der Waals surface area (Å²) in [6.07, 6.45) is 3.04. The van der Waals surface area contributed by atoms with Crippen LogP contribution in [0.5, 0.6) is 5.75 Å². The molecule has 1 saturated heterocycles. The molecule has 1 amide bonds. The Hall–Kier alpha value is -2.47. The Kier molecular flexibility index (Phi) is 8.57. The van der Waals surface area contributed by atoms with Gasteiger partial charge in [0.25, 0.3) is 0 Å². The molecule has 10 nitrogen and oxygen atoms in total. The molecule has 0 aliphatic carbocycles. The molecule has 0 spiro atoms. The zero-order chi connectivity index (χ0) is 26.7. The van der Waals surface area contributed by atoms with E-state index in [2.05, 4.69) is 5.16 Å². The van der Waals surface area contributed by atoms with Gasteiger partial charge < -0.3 is 23.8 Å². The standard InChI is InChI=1S/C26H38N4O6S/c1-18-12-21(34-5)13-19(2)26(18)37(32,33)30-10-7-6-8-20(30)16-35-17-25(31)29-11-9-24-22(14-29)23(27-36-24)15-28(3)4/h12-13,20H,6-11,14-17H2,1-5H3. The summed E-state index contributed by atoms with van der Waals surface area (Å²) in [5.41, 5.74) is 3.14. The number of benzene rings is 1. The van der Waals surface area contributed by atoms with Crippen LogP contribution in [0.15, 0.2) is 21.6 Å². The van der Waals surface area contributed by atoms with E-state index in [1.165, 1.54) is 0 Å². The highest BCUT2D eigenvalue weighted by Gasteiger charge is 2.36.